The fourth-order valence-electron chi connectivity index (χ4n) is 1.15. The van der Waals surface area contributed by atoms with Crippen molar-refractivity contribution in [2.24, 2.45) is 5.73 Å². The predicted molar refractivity (Wildman–Crippen MR) is 102 cm³/mol. The number of hydrogen-bond acceptors (Lipinski definition) is 8. The Morgan fingerprint density at radius 2 is 1.48 bits per heavy atom. The Labute approximate surface area is 159 Å². The van der Waals surface area contributed by atoms with Crippen molar-refractivity contribution in [3.05, 3.63) is 0 Å². The van der Waals surface area contributed by atoms with Crippen LogP contribution < -0.4 is 11.1 Å². The summed E-state index contributed by atoms with van der Waals surface area (Å²) in [5.74, 6) is -0.307. The highest BCUT2D eigenvalue weighted by Gasteiger charge is 1.99. The Morgan fingerprint density at radius 3 is 1.84 bits per heavy atom. The molecule has 0 aliphatic carbocycles. The number of hydrogen-bond donors (Lipinski definition) is 4. The quantitative estimate of drug-likeness (QED) is 0.200. The van der Waals surface area contributed by atoms with Crippen molar-refractivity contribution in [3.8, 4) is 0 Å². The first kappa shape index (κ1) is 29.0. The molecule has 152 valence electrons. The van der Waals surface area contributed by atoms with Crippen LogP contribution in [0, 0.1) is 0 Å². The van der Waals surface area contributed by atoms with Crippen LogP contribution in [0.4, 0.5) is 0 Å². The Balaban J connectivity index is -0.000000321. The van der Waals surface area contributed by atoms with Gasteiger partial charge in [0, 0.05) is 25.1 Å². The third-order valence-electron chi connectivity index (χ3n) is 2.29. The van der Waals surface area contributed by atoms with Gasteiger partial charge in [0.25, 0.3) is 0 Å². The topological polar surface area (TPSA) is 131 Å². The van der Waals surface area contributed by atoms with E-state index < -0.39 is 0 Å². The minimum absolute atomic E-state index is 0.135. The zero-order valence-electron chi connectivity index (χ0n) is 15.5. The zero-order valence-corrected chi connectivity index (χ0v) is 17.1. The third kappa shape index (κ3) is 35.3. The molecular weight excluding hydrogens is 396 g/mol. The van der Waals surface area contributed by atoms with Crippen LogP contribution in [0.1, 0.15) is 39.5 Å². The van der Waals surface area contributed by atoms with Gasteiger partial charge in [0.2, 0.25) is 0 Å². The molecule has 0 fully saturated rings. The molecule has 0 atom stereocenters. The van der Waals surface area contributed by atoms with E-state index >= 15 is 0 Å². The molecule has 0 bridgehead atoms. The lowest BCUT2D eigenvalue weighted by Crippen LogP contribution is -2.21. The molecule has 0 aliphatic heterocycles. The van der Waals surface area contributed by atoms with Crippen LogP contribution in [0.3, 0.4) is 0 Å². The summed E-state index contributed by atoms with van der Waals surface area (Å²) in [4.78, 5) is 21.2. The van der Waals surface area contributed by atoms with Crippen molar-refractivity contribution in [2.75, 3.05) is 51.4 Å². The first-order valence-electron chi connectivity index (χ1n) is 8.53. The van der Waals surface area contributed by atoms with Gasteiger partial charge in [-0.25, -0.2) is 0 Å². The molecule has 0 aromatic heterocycles. The average molecular weight is 431 g/mol. The van der Waals surface area contributed by atoms with Gasteiger partial charge in [-0.1, -0.05) is 15.9 Å². The Bertz CT molecular complexity index is 273. The first-order valence-corrected chi connectivity index (χ1v) is 9.65. The second-order valence-corrected chi connectivity index (χ2v) is 5.29. The molecule has 8 nitrogen and oxygen atoms in total. The van der Waals surface area contributed by atoms with E-state index in [-0.39, 0.29) is 25.2 Å². The zero-order chi connectivity index (χ0) is 19.8. The van der Waals surface area contributed by atoms with Gasteiger partial charge in [0.05, 0.1) is 26.1 Å². The van der Waals surface area contributed by atoms with Crippen molar-refractivity contribution < 1.29 is 29.3 Å². The van der Waals surface area contributed by atoms with Crippen LogP contribution in [0.2, 0.25) is 0 Å². The lowest BCUT2D eigenvalue weighted by atomic mass is 10.4. The number of nitrogens with one attached hydrogen (secondary N) is 1. The second-order valence-electron chi connectivity index (χ2n) is 4.49. The fourth-order valence-corrected chi connectivity index (χ4v) is 1.48. The molecule has 0 radical (unpaired) electrons. The fraction of sp³-hybridized carbons (Fsp3) is 0.875. The lowest BCUT2D eigenvalue weighted by Gasteiger charge is -2.02. The smallest absolute Gasteiger partial charge is 0.307 e. The summed E-state index contributed by atoms with van der Waals surface area (Å²) in [6.45, 7) is 6.87. The summed E-state index contributed by atoms with van der Waals surface area (Å²) >= 11 is 3.12. The number of esters is 2. The molecular formula is C16H35BrN2O6. The molecule has 0 aliphatic rings. The largest absolute Gasteiger partial charge is 0.466 e. The summed E-state index contributed by atoms with van der Waals surface area (Å²) < 4.78 is 9.33. The van der Waals surface area contributed by atoms with Crippen LogP contribution in [-0.2, 0) is 19.1 Å². The van der Waals surface area contributed by atoms with E-state index in [1.54, 1.807) is 13.8 Å². The number of ether oxygens (including phenoxy) is 2. The van der Waals surface area contributed by atoms with Crippen molar-refractivity contribution in [1.82, 2.24) is 5.32 Å². The molecule has 5 N–H and O–H groups in total. The Hall–Kier alpha value is -0.740. The van der Waals surface area contributed by atoms with Crippen molar-refractivity contribution in [1.29, 1.82) is 0 Å². The van der Waals surface area contributed by atoms with Crippen LogP contribution in [0.25, 0.3) is 0 Å². The maximum atomic E-state index is 10.8. The van der Waals surface area contributed by atoms with Gasteiger partial charge in [-0.3, -0.25) is 9.59 Å². The van der Waals surface area contributed by atoms with Crippen molar-refractivity contribution in [2.45, 2.75) is 39.5 Å². The maximum absolute atomic E-state index is 10.8. The van der Waals surface area contributed by atoms with Gasteiger partial charge < -0.3 is 30.7 Å². The number of halogens is 1. The van der Waals surface area contributed by atoms with Gasteiger partial charge in [-0.2, -0.15) is 0 Å². The van der Waals surface area contributed by atoms with Gasteiger partial charge in [-0.05, 0) is 39.8 Å². The summed E-state index contributed by atoms with van der Waals surface area (Å²) in [7, 11) is 0. The van der Waals surface area contributed by atoms with Gasteiger partial charge in [0.1, 0.15) is 0 Å². The van der Waals surface area contributed by atoms with E-state index in [9.17, 15) is 9.59 Å². The molecule has 0 heterocycles. The molecule has 0 amide bonds. The highest BCUT2D eigenvalue weighted by Crippen LogP contribution is 1.90. The SMILES string of the molecule is CCOC(=O)CCBr.CCOC(=O)CCNCCCO.NCCCO. The van der Waals surface area contributed by atoms with Gasteiger partial charge in [-0.15, -0.1) is 0 Å². The number of carbonyl (C=O) groups excluding carboxylic acids is 2. The molecule has 9 heteroatoms. The molecule has 0 spiro atoms. The summed E-state index contributed by atoms with van der Waals surface area (Å²) in [5, 5.41) is 20.1. The summed E-state index contributed by atoms with van der Waals surface area (Å²) in [5.41, 5.74) is 4.98. The molecule has 0 aromatic carbocycles. The predicted octanol–water partition coefficient (Wildman–Crippen LogP) is 0.574. The van der Waals surface area contributed by atoms with Crippen LogP contribution in [0.5, 0.6) is 0 Å². The number of carbonyl (C=O) groups is 2. The molecule has 0 saturated carbocycles. The molecule has 0 rings (SSSR count). The number of aliphatic hydroxyl groups excluding tert-OH is 2. The third-order valence-corrected chi connectivity index (χ3v) is 2.69. The van der Waals surface area contributed by atoms with Crippen LogP contribution in [-0.4, -0.2) is 73.5 Å². The Kier molecular flexibility index (Phi) is 32.6. The average Bonchev–Trinajstić information content (AvgIpc) is 2.57. The summed E-state index contributed by atoms with van der Waals surface area (Å²) in [6, 6.07) is 0. The second kappa shape index (κ2) is 28.1. The Morgan fingerprint density at radius 1 is 0.960 bits per heavy atom. The van der Waals surface area contributed by atoms with E-state index in [0.29, 0.717) is 44.5 Å². The van der Waals surface area contributed by atoms with Crippen LogP contribution in [0.15, 0.2) is 0 Å². The van der Waals surface area contributed by atoms with Crippen molar-refractivity contribution >= 4 is 27.9 Å². The number of nitrogens with two attached hydrogens (primary N) is 1. The standard InChI is InChI=1S/C8H17NO3.C5H9BrO2.C3H9NO/c1-2-12-8(11)4-6-9-5-3-7-10;1-2-8-5(7)3-4-6;4-2-1-3-5/h9-10H,2-7H2,1H3;2-4H2,1H3;5H,1-4H2. The molecule has 0 unspecified atom stereocenters. The van der Waals surface area contributed by atoms with Gasteiger partial charge in [0.15, 0.2) is 0 Å². The highest BCUT2D eigenvalue weighted by atomic mass is 79.9. The normalized spacial score (nSPS) is 9.20. The lowest BCUT2D eigenvalue weighted by molar-refractivity contribution is -0.143. The minimum Gasteiger partial charge on any atom is -0.466 e. The number of rotatable bonds is 12. The molecule has 0 saturated heterocycles. The van der Waals surface area contributed by atoms with Crippen molar-refractivity contribution in [3.63, 3.8) is 0 Å². The van der Waals surface area contributed by atoms with E-state index in [0.717, 1.165) is 19.4 Å². The number of alkyl halides is 1. The maximum Gasteiger partial charge on any atom is 0.307 e. The van der Waals surface area contributed by atoms with E-state index in [1.807, 2.05) is 0 Å². The van der Waals surface area contributed by atoms with Crippen LogP contribution >= 0.6 is 15.9 Å². The van der Waals surface area contributed by atoms with E-state index in [4.69, 9.17) is 20.7 Å². The number of aliphatic hydroxyl groups is 2. The highest BCUT2D eigenvalue weighted by molar-refractivity contribution is 9.09. The molecule has 0 aromatic rings. The summed E-state index contributed by atoms with van der Waals surface area (Å²) in [6.07, 6.45) is 2.32. The first-order chi connectivity index (χ1) is 12.0. The van der Waals surface area contributed by atoms with E-state index in [2.05, 4.69) is 26.0 Å². The molecule has 25 heavy (non-hydrogen) atoms. The monoisotopic (exact) mass is 430 g/mol. The van der Waals surface area contributed by atoms with E-state index in [1.165, 1.54) is 0 Å². The van der Waals surface area contributed by atoms with Gasteiger partial charge >= 0.3 is 11.9 Å². The minimum atomic E-state index is -0.172.